The Hall–Kier alpha value is -2.60. The Morgan fingerprint density at radius 2 is 1.66 bits per heavy atom. The van der Waals surface area contributed by atoms with Crippen LogP contribution in [0.4, 0.5) is 4.39 Å². The summed E-state index contributed by atoms with van der Waals surface area (Å²) in [7, 11) is 0. The number of ether oxygens (including phenoxy) is 2. The van der Waals surface area contributed by atoms with Gasteiger partial charge in [0.25, 0.3) is 5.91 Å². The van der Waals surface area contributed by atoms with Crippen LogP contribution in [0.3, 0.4) is 0 Å². The lowest BCUT2D eigenvalue weighted by atomic mass is 10.0. The van der Waals surface area contributed by atoms with Gasteiger partial charge in [0.2, 0.25) is 0 Å². The summed E-state index contributed by atoms with van der Waals surface area (Å²) >= 11 is 0. The number of carbonyl (C=O) groups excluding carboxylic acids is 1. The van der Waals surface area contributed by atoms with E-state index >= 15 is 0 Å². The number of hydrogen-bond acceptors (Lipinski definition) is 4. The van der Waals surface area contributed by atoms with Gasteiger partial charge >= 0.3 is 0 Å². The van der Waals surface area contributed by atoms with Gasteiger partial charge in [-0.15, -0.1) is 0 Å². The molecule has 1 saturated heterocycles. The van der Waals surface area contributed by atoms with Crippen molar-refractivity contribution < 1.29 is 18.7 Å². The summed E-state index contributed by atoms with van der Waals surface area (Å²) in [4.78, 5) is 14.5. The third kappa shape index (κ3) is 7.06. The lowest BCUT2D eigenvalue weighted by Gasteiger charge is -2.32. The minimum Gasteiger partial charge on any atom is -0.494 e. The van der Waals surface area contributed by atoms with Crippen molar-refractivity contribution in [2.45, 2.75) is 38.8 Å². The van der Waals surface area contributed by atoms with Gasteiger partial charge < -0.3 is 14.8 Å². The maximum atomic E-state index is 13.0. The lowest BCUT2D eigenvalue weighted by molar-refractivity contribution is -0.124. The maximum Gasteiger partial charge on any atom is 0.258 e. The number of nitrogens with zero attached hydrogens (tertiary/aromatic N) is 1. The summed E-state index contributed by atoms with van der Waals surface area (Å²) < 4.78 is 24.1. The predicted molar refractivity (Wildman–Crippen MR) is 111 cm³/mol. The molecule has 0 saturated carbocycles. The summed E-state index contributed by atoms with van der Waals surface area (Å²) in [6.45, 7) is 5.37. The molecule has 6 heteroatoms. The van der Waals surface area contributed by atoms with E-state index in [1.807, 2.05) is 36.4 Å². The van der Waals surface area contributed by atoms with Gasteiger partial charge in [0.15, 0.2) is 6.61 Å². The highest BCUT2D eigenvalue weighted by molar-refractivity contribution is 5.77. The van der Waals surface area contributed by atoms with Crippen LogP contribution < -0.4 is 14.8 Å². The van der Waals surface area contributed by atoms with Crippen LogP contribution >= 0.6 is 0 Å². The molecule has 2 aromatic rings. The van der Waals surface area contributed by atoms with Crippen LogP contribution in [-0.4, -0.2) is 43.2 Å². The monoisotopic (exact) mass is 400 g/mol. The van der Waals surface area contributed by atoms with Gasteiger partial charge in [-0.3, -0.25) is 9.69 Å². The zero-order valence-electron chi connectivity index (χ0n) is 16.9. The zero-order chi connectivity index (χ0) is 20.5. The molecule has 5 nitrogen and oxygen atoms in total. The molecule has 0 radical (unpaired) electrons. The smallest absolute Gasteiger partial charge is 0.258 e. The quantitative estimate of drug-likeness (QED) is 0.696. The van der Waals surface area contributed by atoms with E-state index in [-0.39, 0.29) is 24.4 Å². The van der Waals surface area contributed by atoms with Gasteiger partial charge in [0, 0.05) is 25.7 Å². The molecule has 1 fully saturated rings. The summed E-state index contributed by atoms with van der Waals surface area (Å²) in [5, 5.41) is 3.06. The average molecular weight is 400 g/mol. The number of nitrogens with one attached hydrogen (secondary N) is 1. The molecule has 3 rings (SSSR count). The first-order valence-electron chi connectivity index (χ1n) is 10.2. The van der Waals surface area contributed by atoms with Gasteiger partial charge in [0.1, 0.15) is 17.3 Å². The first-order chi connectivity index (χ1) is 14.1. The molecule has 2 aromatic carbocycles. The number of amides is 1. The number of rotatable bonds is 9. The van der Waals surface area contributed by atoms with Crippen molar-refractivity contribution >= 4 is 5.91 Å². The van der Waals surface area contributed by atoms with E-state index in [9.17, 15) is 9.18 Å². The highest BCUT2D eigenvalue weighted by atomic mass is 19.1. The molecule has 0 bridgehead atoms. The van der Waals surface area contributed by atoms with E-state index < -0.39 is 0 Å². The van der Waals surface area contributed by atoms with Gasteiger partial charge in [0.05, 0.1) is 6.61 Å². The molecule has 0 unspecified atom stereocenters. The summed E-state index contributed by atoms with van der Waals surface area (Å²) in [6.07, 6.45) is 2.76. The molecule has 29 heavy (non-hydrogen) atoms. The van der Waals surface area contributed by atoms with Crippen LogP contribution in [0.15, 0.2) is 48.5 Å². The molecule has 0 aliphatic carbocycles. The Balaban J connectivity index is 1.34. The highest BCUT2D eigenvalue weighted by Crippen LogP contribution is 2.18. The molecule has 1 heterocycles. The third-order valence-electron chi connectivity index (χ3n) is 4.94. The molecule has 1 aliphatic rings. The predicted octanol–water partition coefficient (Wildman–Crippen LogP) is 3.77. The van der Waals surface area contributed by atoms with Crippen molar-refractivity contribution in [1.82, 2.24) is 10.2 Å². The van der Waals surface area contributed by atoms with Gasteiger partial charge in [-0.25, -0.2) is 4.39 Å². The molecule has 0 atom stereocenters. The first kappa shape index (κ1) is 21.1. The standard InChI is InChI=1S/C23H29FN2O3/c1-2-15-28-21-7-9-22(10-8-21)29-17-23(27)25-20-11-13-26(14-12-20)16-18-3-5-19(24)6-4-18/h3-10,20H,2,11-17H2,1H3,(H,25,27). The second-order valence-electron chi connectivity index (χ2n) is 7.35. The van der Waals surface area contributed by atoms with Crippen LogP contribution in [-0.2, 0) is 11.3 Å². The van der Waals surface area contributed by atoms with Gasteiger partial charge in [-0.2, -0.15) is 0 Å². The molecule has 0 aromatic heterocycles. The van der Waals surface area contributed by atoms with Crippen LogP contribution in [0.25, 0.3) is 0 Å². The van der Waals surface area contributed by atoms with E-state index in [1.54, 1.807) is 0 Å². The largest absolute Gasteiger partial charge is 0.494 e. The van der Waals surface area contributed by atoms with Crippen LogP contribution in [0.5, 0.6) is 11.5 Å². The molecular formula is C23H29FN2O3. The van der Waals surface area contributed by atoms with E-state index in [2.05, 4.69) is 17.1 Å². The molecule has 156 valence electrons. The fourth-order valence-corrected chi connectivity index (χ4v) is 3.35. The fraction of sp³-hybridized carbons (Fsp3) is 0.435. The molecule has 1 N–H and O–H groups in total. The minimum atomic E-state index is -0.210. The Morgan fingerprint density at radius 1 is 1.03 bits per heavy atom. The highest BCUT2D eigenvalue weighted by Gasteiger charge is 2.20. The minimum absolute atomic E-state index is 0.00492. The zero-order valence-corrected chi connectivity index (χ0v) is 16.9. The number of carbonyl (C=O) groups is 1. The van der Waals surface area contributed by atoms with E-state index in [4.69, 9.17) is 9.47 Å². The average Bonchev–Trinajstić information content (AvgIpc) is 2.74. The topological polar surface area (TPSA) is 50.8 Å². The van der Waals surface area contributed by atoms with Crippen LogP contribution in [0.1, 0.15) is 31.7 Å². The Morgan fingerprint density at radius 3 is 2.28 bits per heavy atom. The van der Waals surface area contributed by atoms with Gasteiger partial charge in [-0.1, -0.05) is 19.1 Å². The van der Waals surface area contributed by atoms with Crippen molar-refractivity contribution in [3.8, 4) is 11.5 Å². The summed E-state index contributed by atoms with van der Waals surface area (Å²) in [5.41, 5.74) is 1.10. The number of piperidine rings is 1. The molecule has 1 amide bonds. The van der Waals surface area contributed by atoms with E-state index in [1.165, 1.54) is 12.1 Å². The summed E-state index contributed by atoms with van der Waals surface area (Å²) in [5.74, 6) is 1.14. The molecule has 0 spiro atoms. The molecule has 1 aliphatic heterocycles. The van der Waals surface area contributed by atoms with Crippen molar-refractivity contribution in [3.05, 3.63) is 59.9 Å². The van der Waals surface area contributed by atoms with Crippen molar-refractivity contribution in [1.29, 1.82) is 0 Å². The number of benzene rings is 2. The van der Waals surface area contributed by atoms with Crippen molar-refractivity contribution in [2.24, 2.45) is 0 Å². The second-order valence-corrected chi connectivity index (χ2v) is 7.35. The number of halogens is 1. The normalized spacial score (nSPS) is 15.1. The summed E-state index contributed by atoms with van der Waals surface area (Å²) in [6, 6.07) is 14.1. The van der Waals surface area contributed by atoms with Crippen molar-refractivity contribution in [2.75, 3.05) is 26.3 Å². The maximum absolute atomic E-state index is 13.0. The second kappa shape index (κ2) is 10.8. The third-order valence-corrected chi connectivity index (χ3v) is 4.94. The number of hydrogen-bond donors (Lipinski definition) is 1. The van der Waals surface area contributed by atoms with Gasteiger partial charge in [-0.05, 0) is 61.2 Å². The first-order valence-corrected chi connectivity index (χ1v) is 10.2. The van der Waals surface area contributed by atoms with Crippen LogP contribution in [0, 0.1) is 5.82 Å². The lowest BCUT2D eigenvalue weighted by Crippen LogP contribution is -2.45. The Bertz CT molecular complexity index is 757. The molecular weight excluding hydrogens is 371 g/mol. The SMILES string of the molecule is CCCOc1ccc(OCC(=O)NC2CCN(Cc3ccc(F)cc3)CC2)cc1. The van der Waals surface area contributed by atoms with E-state index in [0.717, 1.165) is 50.2 Å². The van der Waals surface area contributed by atoms with E-state index in [0.29, 0.717) is 12.4 Å². The number of likely N-dealkylation sites (tertiary alicyclic amines) is 1. The fourth-order valence-electron chi connectivity index (χ4n) is 3.35. The Kier molecular flexibility index (Phi) is 7.87. The Labute approximate surface area is 171 Å². The van der Waals surface area contributed by atoms with Crippen LogP contribution in [0.2, 0.25) is 0 Å². The van der Waals surface area contributed by atoms with Crippen molar-refractivity contribution in [3.63, 3.8) is 0 Å².